The monoisotopic (exact) mass is 400 g/mol. The normalized spacial score (nSPS) is 15.5. The zero-order valence-electron chi connectivity index (χ0n) is 14.8. The van der Waals surface area contributed by atoms with Gasteiger partial charge in [-0.15, -0.1) is 0 Å². The number of hydrogen-bond donors (Lipinski definition) is 1. The quantitative estimate of drug-likeness (QED) is 0.759. The van der Waals surface area contributed by atoms with E-state index in [1.807, 2.05) is 26.0 Å². The lowest BCUT2D eigenvalue weighted by Crippen LogP contribution is -2.36. The number of carbonyl (C=O) groups excluding carboxylic acids is 3. The van der Waals surface area contributed by atoms with E-state index in [9.17, 15) is 14.4 Å². The SMILES string of the molecule is Cc1ccc(NC(=O)CN2C(=O)S/C(=C/c3ccccc3Cl)C2=O)c(C)c1. The molecule has 27 heavy (non-hydrogen) atoms. The summed E-state index contributed by atoms with van der Waals surface area (Å²) in [7, 11) is 0. The molecule has 0 spiro atoms. The van der Waals surface area contributed by atoms with Crippen LogP contribution < -0.4 is 5.32 Å². The first kappa shape index (κ1) is 19.2. The van der Waals surface area contributed by atoms with Crippen molar-refractivity contribution in [1.29, 1.82) is 0 Å². The fourth-order valence-electron chi connectivity index (χ4n) is 2.66. The van der Waals surface area contributed by atoms with Crippen LogP contribution in [0.15, 0.2) is 47.4 Å². The van der Waals surface area contributed by atoms with Crippen molar-refractivity contribution in [3.8, 4) is 0 Å². The molecule has 1 fully saturated rings. The maximum absolute atomic E-state index is 12.5. The molecule has 7 heteroatoms. The van der Waals surface area contributed by atoms with E-state index in [0.29, 0.717) is 16.3 Å². The van der Waals surface area contributed by atoms with E-state index >= 15 is 0 Å². The summed E-state index contributed by atoms with van der Waals surface area (Å²) in [6, 6.07) is 12.7. The van der Waals surface area contributed by atoms with Crippen LogP contribution in [-0.4, -0.2) is 28.5 Å². The molecule has 1 aliphatic rings. The molecule has 0 aromatic heterocycles. The van der Waals surface area contributed by atoms with Crippen molar-refractivity contribution in [3.05, 3.63) is 69.1 Å². The molecule has 2 aromatic rings. The number of aryl methyl sites for hydroxylation is 2. The fraction of sp³-hybridized carbons (Fsp3) is 0.150. The van der Waals surface area contributed by atoms with Crippen LogP contribution in [0.25, 0.3) is 6.08 Å². The van der Waals surface area contributed by atoms with E-state index < -0.39 is 17.1 Å². The third-order valence-electron chi connectivity index (χ3n) is 4.02. The second-order valence-electron chi connectivity index (χ2n) is 6.16. The Labute approximate surface area is 166 Å². The first-order valence-corrected chi connectivity index (χ1v) is 9.41. The van der Waals surface area contributed by atoms with Crippen molar-refractivity contribution in [2.24, 2.45) is 0 Å². The third kappa shape index (κ3) is 4.40. The minimum Gasteiger partial charge on any atom is -0.324 e. The van der Waals surface area contributed by atoms with Crippen molar-refractivity contribution in [1.82, 2.24) is 4.90 Å². The summed E-state index contributed by atoms with van der Waals surface area (Å²) in [5, 5.41) is 2.75. The third-order valence-corrected chi connectivity index (χ3v) is 5.27. The summed E-state index contributed by atoms with van der Waals surface area (Å²) < 4.78 is 0. The highest BCUT2D eigenvalue weighted by Crippen LogP contribution is 2.33. The average molecular weight is 401 g/mol. The molecule has 0 bridgehead atoms. The topological polar surface area (TPSA) is 66.5 Å². The van der Waals surface area contributed by atoms with Gasteiger partial charge in [-0.25, -0.2) is 0 Å². The van der Waals surface area contributed by atoms with Gasteiger partial charge in [-0.05, 0) is 54.9 Å². The van der Waals surface area contributed by atoms with Crippen LogP contribution in [0, 0.1) is 13.8 Å². The number of imide groups is 1. The van der Waals surface area contributed by atoms with Crippen LogP contribution in [0.4, 0.5) is 10.5 Å². The van der Waals surface area contributed by atoms with Gasteiger partial charge in [-0.3, -0.25) is 19.3 Å². The molecule has 138 valence electrons. The number of anilines is 1. The first-order chi connectivity index (χ1) is 12.8. The number of hydrogen-bond acceptors (Lipinski definition) is 4. The number of halogens is 1. The summed E-state index contributed by atoms with van der Waals surface area (Å²) in [4.78, 5) is 38.2. The number of rotatable bonds is 4. The minimum absolute atomic E-state index is 0.243. The Morgan fingerprint density at radius 2 is 1.93 bits per heavy atom. The molecule has 2 aromatic carbocycles. The molecule has 0 unspecified atom stereocenters. The summed E-state index contributed by atoms with van der Waals surface area (Å²) >= 11 is 6.89. The number of carbonyl (C=O) groups is 3. The molecule has 3 rings (SSSR count). The Bertz CT molecular complexity index is 971. The van der Waals surface area contributed by atoms with Crippen molar-refractivity contribution < 1.29 is 14.4 Å². The summed E-state index contributed by atoms with van der Waals surface area (Å²) in [6.45, 7) is 3.51. The molecular formula is C20H17ClN2O3S. The standard InChI is InChI=1S/C20H17ClN2O3S/c1-12-7-8-16(13(2)9-12)22-18(24)11-23-19(25)17(27-20(23)26)10-14-5-3-4-6-15(14)21/h3-10H,11H2,1-2H3,(H,22,24)/b17-10+. The van der Waals surface area contributed by atoms with Crippen molar-refractivity contribution >= 4 is 52.2 Å². The van der Waals surface area contributed by atoms with E-state index in [2.05, 4.69) is 5.32 Å². The Morgan fingerprint density at radius 3 is 2.63 bits per heavy atom. The van der Waals surface area contributed by atoms with E-state index in [1.165, 1.54) is 0 Å². The number of nitrogens with one attached hydrogen (secondary N) is 1. The van der Waals surface area contributed by atoms with Gasteiger partial charge in [0.15, 0.2) is 0 Å². The maximum Gasteiger partial charge on any atom is 0.294 e. The Kier molecular flexibility index (Phi) is 5.68. The Morgan fingerprint density at radius 1 is 1.19 bits per heavy atom. The molecule has 1 saturated heterocycles. The van der Waals surface area contributed by atoms with Gasteiger partial charge in [0.25, 0.3) is 11.1 Å². The van der Waals surface area contributed by atoms with Crippen LogP contribution in [0.1, 0.15) is 16.7 Å². The molecule has 1 heterocycles. The maximum atomic E-state index is 12.5. The Balaban J connectivity index is 1.72. The molecule has 0 radical (unpaired) electrons. The molecule has 3 amide bonds. The van der Waals surface area contributed by atoms with Gasteiger partial charge >= 0.3 is 0 Å². The zero-order chi connectivity index (χ0) is 19.6. The number of amides is 3. The van der Waals surface area contributed by atoms with Gasteiger partial charge in [0, 0.05) is 10.7 Å². The van der Waals surface area contributed by atoms with Crippen molar-refractivity contribution in [2.75, 3.05) is 11.9 Å². The van der Waals surface area contributed by atoms with Crippen LogP contribution in [-0.2, 0) is 9.59 Å². The van der Waals surface area contributed by atoms with E-state index in [1.54, 1.807) is 36.4 Å². The number of nitrogens with zero attached hydrogens (tertiary/aromatic N) is 1. The van der Waals surface area contributed by atoms with Gasteiger partial charge in [0.2, 0.25) is 5.91 Å². The summed E-state index contributed by atoms with van der Waals surface area (Å²) in [5.74, 6) is -0.927. The lowest BCUT2D eigenvalue weighted by atomic mass is 10.1. The van der Waals surface area contributed by atoms with Gasteiger partial charge in [-0.1, -0.05) is 47.5 Å². The lowest BCUT2D eigenvalue weighted by molar-refractivity contribution is -0.127. The highest BCUT2D eigenvalue weighted by atomic mass is 35.5. The van der Waals surface area contributed by atoms with E-state index in [0.717, 1.165) is 27.8 Å². The van der Waals surface area contributed by atoms with Crippen LogP contribution in [0.5, 0.6) is 0 Å². The molecule has 1 N–H and O–H groups in total. The van der Waals surface area contributed by atoms with Gasteiger partial charge in [0.1, 0.15) is 6.54 Å². The smallest absolute Gasteiger partial charge is 0.294 e. The minimum atomic E-state index is -0.499. The van der Waals surface area contributed by atoms with Gasteiger partial charge < -0.3 is 5.32 Å². The average Bonchev–Trinajstić information content (AvgIpc) is 2.87. The van der Waals surface area contributed by atoms with Crippen LogP contribution >= 0.6 is 23.4 Å². The molecule has 0 saturated carbocycles. The predicted octanol–water partition coefficient (Wildman–Crippen LogP) is 4.63. The highest BCUT2D eigenvalue weighted by molar-refractivity contribution is 8.18. The van der Waals surface area contributed by atoms with Crippen molar-refractivity contribution in [3.63, 3.8) is 0 Å². The lowest BCUT2D eigenvalue weighted by Gasteiger charge is -2.14. The van der Waals surface area contributed by atoms with Crippen molar-refractivity contribution in [2.45, 2.75) is 13.8 Å². The van der Waals surface area contributed by atoms with E-state index in [4.69, 9.17) is 11.6 Å². The number of thioether (sulfide) groups is 1. The molecule has 5 nitrogen and oxygen atoms in total. The van der Waals surface area contributed by atoms with Gasteiger partial charge in [-0.2, -0.15) is 0 Å². The second-order valence-corrected chi connectivity index (χ2v) is 7.56. The van der Waals surface area contributed by atoms with E-state index in [-0.39, 0.29) is 11.4 Å². The predicted molar refractivity (Wildman–Crippen MR) is 109 cm³/mol. The fourth-order valence-corrected chi connectivity index (χ4v) is 3.68. The summed E-state index contributed by atoms with van der Waals surface area (Å²) in [5.41, 5.74) is 3.30. The molecule has 1 aliphatic heterocycles. The molecular weight excluding hydrogens is 384 g/mol. The number of benzene rings is 2. The second kappa shape index (κ2) is 7.98. The van der Waals surface area contributed by atoms with Crippen LogP contribution in [0.3, 0.4) is 0 Å². The molecule has 0 aliphatic carbocycles. The zero-order valence-corrected chi connectivity index (χ0v) is 16.4. The van der Waals surface area contributed by atoms with Gasteiger partial charge in [0.05, 0.1) is 4.91 Å². The van der Waals surface area contributed by atoms with Crippen LogP contribution in [0.2, 0.25) is 5.02 Å². The largest absolute Gasteiger partial charge is 0.324 e. The summed E-state index contributed by atoms with van der Waals surface area (Å²) in [6.07, 6.45) is 1.56. The Hall–Kier alpha value is -2.57. The highest BCUT2D eigenvalue weighted by Gasteiger charge is 2.36. The first-order valence-electron chi connectivity index (χ1n) is 8.22. The molecule has 0 atom stereocenters.